The minimum absolute atomic E-state index is 0.0224. The van der Waals surface area contributed by atoms with Gasteiger partial charge in [0.05, 0.1) is 17.2 Å². The normalized spacial score (nSPS) is 9.77. The van der Waals surface area contributed by atoms with E-state index in [1.165, 1.54) is 19.2 Å². The highest BCUT2D eigenvalue weighted by Crippen LogP contribution is 2.32. The van der Waals surface area contributed by atoms with E-state index in [1.807, 2.05) is 0 Å². The van der Waals surface area contributed by atoms with Gasteiger partial charge in [-0.3, -0.25) is 0 Å². The zero-order chi connectivity index (χ0) is 10.0. The number of phenolic OH excluding ortho intramolecular Hbond substituents is 1. The highest BCUT2D eigenvalue weighted by Gasteiger charge is 2.17. The summed E-state index contributed by atoms with van der Waals surface area (Å²) < 4.78 is 4.43. The molecule has 0 fully saturated rings. The van der Waals surface area contributed by atoms with Gasteiger partial charge in [0, 0.05) is 0 Å². The van der Waals surface area contributed by atoms with Gasteiger partial charge < -0.3 is 9.84 Å². The largest absolute Gasteiger partial charge is 0.506 e. The molecule has 0 aliphatic rings. The molecule has 13 heavy (non-hydrogen) atoms. The van der Waals surface area contributed by atoms with Gasteiger partial charge in [-0.15, -0.1) is 0 Å². The van der Waals surface area contributed by atoms with Gasteiger partial charge in [0.2, 0.25) is 0 Å². The number of halogens is 2. The van der Waals surface area contributed by atoms with Crippen LogP contribution < -0.4 is 0 Å². The highest BCUT2D eigenvalue weighted by molar-refractivity contribution is 6.40. The summed E-state index contributed by atoms with van der Waals surface area (Å²) in [5.41, 5.74) is -0.0224. The van der Waals surface area contributed by atoms with Crippen molar-refractivity contribution in [2.24, 2.45) is 0 Å². The van der Waals surface area contributed by atoms with Gasteiger partial charge in [0.1, 0.15) is 11.3 Å². The van der Waals surface area contributed by atoms with E-state index in [-0.39, 0.29) is 21.4 Å². The lowest BCUT2D eigenvalue weighted by atomic mass is 10.2. The Hall–Kier alpha value is -0.930. The topological polar surface area (TPSA) is 46.5 Å². The van der Waals surface area contributed by atoms with E-state index in [9.17, 15) is 9.90 Å². The molecule has 0 radical (unpaired) electrons. The fourth-order valence-corrected chi connectivity index (χ4v) is 1.36. The van der Waals surface area contributed by atoms with Crippen LogP contribution in [-0.4, -0.2) is 18.2 Å². The Morgan fingerprint density at radius 3 is 2.62 bits per heavy atom. The third-order valence-corrected chi connectivity index (χ3v) is 2.16. The number of phenols is 1. The first-order valence-corrected chi connectivity index (χ1v) is 4.08. The molecule has 0 aliphatic carbocycles. The molecule has 1 rings (SSSR count). The molecule has 5 heteroatoms. The van der Waals surface area contributed by atoms with E-state index < -0.39 is 5.97 Å². The van der Waals surface area contributed by atoms with Gasteiger partial charge in [-0.05, 0) is 12.1 Å². The lowest BCUT2D eigenvalue weighted by Crippen LogP contribution is -2.02. The summed E-state index contributed by atoms with van der Waals surface area (Å²) in [5, 5.41) is 9.22. The summed E-state index contributed by atoms with van der Waals surface area (Å²) in [5.74, 6) is -0.877. The molecule has 0 saturated carbocycles. The van der Waals surface area contributed by atoms with Gasteiger partial charge in [0.25, 0.3) is 0 Å². The van der Waals surface area contributed by atoms with Crippen LogP contribution in [0.5, 0.6) is 5.75 Å². The average molecular weight is 221 g/mol. The maximum Gasteiger partial charge on any atom is 0.341 e. The van der Waals surface area contributed by atoms with Gasteiger partial charge in [0.15, 0.2) is 0 Å². The Morgan fingerprint density at radius 1 is 1.46 bits per heavy atom. The lowest BCUT2D eigenvalue weighted by Gasteiger charge is -2.05. The summed E-state index contributed by atoms with van der Waals surface area (Å²) in [6, 6.07) is 2.67. The van der Waals surface area contributed by atoms with Crippen molar-refractivity contribution in [2.45, 2.75) is 0 Å². The summed E-state index contributed by atoms with van der Waals surface area (Å²) in [6.07, 6.45) is 0. The molecule has 1 aromatic carbocycles. The lowest BCUT2D eigenvalue weighted by molar-refractivity contribution is 0.0600. The van der Waals surface area contributed by atoms with E-state index >= 15 is 0 Å². The van der Waals surface area contributed by atoms with Crippen molar-refractivity contribution in [1.82, 2.24) is 0 Å². The number of esters is 1. The van der Waals surface area contributed by atoms with Crippen LogP contribution in [0.3, 0.4) is 0 Å². The zero-order valence-electron chi connectivity index (χ0n) is 6.67. The fraction of sp³-hybridized carbons (Fsp3) is 0.125. The molecule has 3 nitrogen and oxygen atoms in total. The molecule has 0 bridgehead atoms. The van der Waals surface area contributed by atoms with Crippen LogP contribution >= 0.6 is 23.2 Å². The van der Waals surface area contributed by atoms with E-state index in [0.717, 1.165) is 0 Å². The maximum atomic E-state index is 11.1. The first kappa shape index (κ1) is 10.2. The molecular weight excluding hydrogens is 215 g/mol. The molecule has 0 amide bonds. The zero-order valence-corrected chi connectivity index (χ0v) is 8.19. The molecule has 0 heterocycles. The molecule has 1 N–H and O–H groups in total. The fourth-order valence-electron chi connectivity index (χ4n) is 0.831. The van der Waals surface area contributed by atoms with E-state index in [1.54, 1.807) is 0 Å². The second-order valence-electron chi connectivity index (χ2n) is 2.25. The quantitative estimate of drug-likeness (QED) is 0.741. The monoisotopic (exact) mass is 220 g/mol. The van der Waals surface area contributed by atoms with Crippen molar-refractivity contribution in [3.63, 3.8) is 0 Å². The Kier molecular flexibility index (Phi) is 3.01. The smallest absolute Gasteiger partial charge is 0.341 e. The van der Waals surface area contributed by atoms with Crippen LogP contribution in [0.4, 0.5) is 0 Å². The van der Waals surface area contributed by atoms with Gasteiger partial charge in [-0.25, -0.2) is 4.79 Å². The first-order valence-electron chi connectivity index (χ1n) is 3.33. The number of aromatic hydroxyl groups is 1. The van der Waals surface area contributed by atoms with Crippen LogP contribution in [-0.2, 0) is 4.74 Å². The van der Waals surface area contributed by atoms with Gasteiger partial charge in [-0.1, -0.05) is 23.2 Å². The van der Waals surface area contributed by atoms with Crippen molar-refractivity contribution in [2.75, 3.05) is 7.11 Å². The average Bonchev–Trinajstić information content (AvgIpc) is 2.12. The minimum atomic E-state index is -0.675. The van der Waals surface area contributed by atoms with Gasteiger partial charge >= 0.3 is 5.97 Å². The molecular formula is C8H6Cl2O3. The molecule has 1 aromatic rings. The van der Waals surface area contributed by atoms with E-state index in [0.29, 0.717) is 0 Å². The van der Waals surface area contributed by atoms with Crippen molar-refractivity contribution < 1.29 is 14.6 Å². The molecule has 0 aromatic heterocycles. The van der Waals surface area contributed by atoms with Crippen molar-refractivity contribution in [1.29, 1.82) is 0 Å². The van der Waals surface area contributed by atoms with Crippen molar-refractivity contribution in [3.05, 3.63) is 27.7 Å². The molecule has 0 spiro atoms. The van der Waals surface area contributed by atoms with Crippen LogP contribution in [0, 0.1) is 0 Å². The van der Waals surface area contributed by atoms with Crippen LogP contribution in [0.15, 0.2) is 12.1 Å². The Balaban J connectivity index is 3.33. The second-order valence-corrected chi connectivity index (χ2v) is 3.03. The number of carbonyl (C=O) groups excluding carboxylic acids is 1. The third-order valence-electron chi connectivity index (χ3n) is 1.46. The summed E-state index contributed by atoms with van der Waals surface area (Å²) in [6.45, 7) is 0. The SMILES string of the molecule is COC(=O)c1c(Cl)ccc(O)c1Cl. The molecule has 0 unspecified atom stereocenters. The third kappa shape index (κ3) is 1.87. The van der Waals surface area contributed by atoms with Crippen molar-refractivity contribution in [3.8, 4) is 5.75 Å². The van der Waals surface area contributed by atoms with Gasteiger partial charge in [-0.2, -0.15) is 0 Å². The Morgan fingerprint density at radius 2 is 2.08 bits per heavy atom. The van der Waals surface area contributed by atoms with E-state index in [2.05, 4.69) is 4.74 Å². The maximum absolute atomic E-state index is 11.1. The molecule has 0 atom stereocenters. The van der Waals surface area contributed by atoms with Crippen molar-refractivity contribution >= 4 is 29.2 Å². The number of carbonyl (C=O) groups is 1. The van der Waals surface area contributed by atoms with Crippen LogP contribution in [0.2, 0.25) is 10.0 Å². The predicted octanol–water partition coefficient (Wildman–Crippen LogP) is 2.49. The summed E-state index contributed by atoms with van der Waals surface area (Å²) in [7, 11) is 1.21. The first-order chi connectivity index (χ1) is 6.07. The Labute approximate surface area is 84.8 Å². The highest BCUT2D eigenvalue weighted by atomic mass is 35.5. The second kappa shape index (κ2) is 3.85. The number of hydrogen-bond acceptors (Lipinski definition) is 3. The summed E-state index contributed by atoms with van der Waals surface area (Å²) >= 11 is 11.3. The number of rotatable bonds is 1. The molecule has 0 aliphatic heterocycles. The van der Waals surface area contributed by atoms with E-state index in [4.69, 9.17) is 23.2 Å². The standard InChI is InChI=1S/C8H6Cl2O3/c1-13-8(12)6-4(9)2-3-5(11)7(6)10/h2-3,11H,1H3. The Bertz CT molecular complexity index is 349. The van der Waals surface area contributed by atoms with Crippen LogP contribution in [0.1, 0.15) is 10.4 Å². The minimum Gasteiger partial charge on any atom is -0.506 e. The molecule has 0 saturated heterocycles. The summed E-state index contributed by atoms with van der Waals surface area (Å²) in [4.78, 5) is 11.1. The number of hydrogen-bond donors (Lipinski definition) is 1. The number of ether oxygens (including phenoxy) is 1. The predicted molar refractivity (Wildman–Crippen MR) is 49.5 cm³/mol. The van der Waals surface area contributed by atoms with Crippen LogP contribution in [0.25, 0.3) is 0 Å². The number of benzene rings is 1. The number of methoxy groups -OCH3 is 1. The molecule has 70 valence electrons.